The summed E-state index contributed by atoms with van der Waals surface area (Å²) in [5, 5.41) is 0. The third-order valence-corrected chi connectivity index (χ3v) is 2.84. The van der Waals surface area contributed by atoms with Gasteiger partial charge in [0.25, 0.3) is 0 Å². The predicted octanol–water partition coefficient (Wildman–Crippen LogP) is 0.529. The molecule has 0 aromatic rings. The molecule has 0 amide bonds. The molecule has 3 atom stereocenters. The average molecular weight is 171 g/mol. The fraction of sp³-hybridized carbons (Fsp3) is 1.00. The van der Waals surface area contributed by atoms with E-state index in [0.717, 1.165) is 32.7 Å². The van der Waals surface area contributed by atoms with Crippen molar-refractivity contribution in [3.63, 3.8) is 0 Å². The number of rotatable bonds is 1. The van der Waals surface area contributed by atoms with Crippen LogP contribution in [-0.4, -0.2) is 32.0 Å². The molecule has 12 heavy (non-hydrogen) atoms. The van der Waals surface area contributed by atoms with Crippen molar-refractivity contribution in [2.75, 3.05) is 19.8 Å². The van der Waals surface area contributed by atoms with E-state index in [1.165, 1.54) is 6.42 Å². The summed E-state index contributed by atoms with van der Waals surface area (Å²) in [5.41, 5.74) is 5.93. The molecule has 2 saturated heterocycles. The molecule has 2 N–H and O–H groups in total. The Kier molecular flexibility index (Phi) is 2.63. The molecule has 70 valence electrons. The first-order valence-electron chi connectivity index (χ1n) is 4.83. The van der Waals surface area contributed by atoms with Crippen LogP contribution in [0, 0.1) is 5.92 Å². The Hall–Kier alpha value is -0.120. The highest BCUT2D eigenvalue weighted by Crippen LogP contribution is 2.26. The first kappa shape index (κ1) is 8.48. The molecule has 2 heterocycles. The van der Waals surface area contributed by atoms with Crippen LogP contribution < -0.4 is 5.73 Å². The van der Waals surface area contributed by atoms with Crippen LogP contribution in [0.4, 0.5) is 0 Å². The van der Waals surface area contributed by atoms with E-state index in [4.69, 9.17) is 15.2 Å². The Morgan fingerprint density at radius 2 is 2.08 bits per heavy atom. The lowest BCUT2D eigenvalue weighted by molar-refractivity contribution is -0.0249. The highest BCUT2D eigenvalue weighted by molar-refractivity contribution is 4.85. The SMILES string of the molecule is NC1CCOC1C1CCCOC1. The molecule has 0 saturated carbocycles. The predicted molar refractivity (Wildman–Crippen MR) is 45.9 cm³/mol. The summed E-state index contributed by atoms with van der Waals surface area (Å²) in [6, 6.07) is 0.247. The first-order chi connectivity index (χ1) is 5.88. The van der Waals surface area contributed by atoms with Gasteiger partial charge in [0.1, 0.15) is 0 Å². The van der Waals surface area contributed by atoms with E-state index in [1.807, 2.05) is 0 Å². The minimum atomic E-state index is 0.247. The topological polar surface area (TPSA) is 44.5 Å². The van der Waals surface area contributed by atoms with E-state index in [-0.39, 0.29) is 12.1 Å². The molecule has 0 aromatic heterocycles. The Morgan fingerprint density at radius 1 is 1.17 bits per heavy atom. The van der Waals surface area contributed by atoms with E-state index in [0.29, 0.717) is 5.92 Å². The molecule has 2 fully saturated rings. The Balaban J connectivity index is 1.89. The van der Waals surface area contributed by atoms with Crippen molar-refractivity contribution in [3.05, 3.63) is 0 Å². The van der Waals surface area contributed by atoms with Gasteiger partial charge in [0.05, 0.1) is 12.7 Å². The van der Waals surface area contributed by atoms with E-state index in [2.05, 4.69) is 0 Å². The van der Waals surface area contributed by atoms with Crippen LogP contribution >= 0.6 is 0 Å². The number of ether oxygens (including phenoxy) is 2. The van der Waals surface area contributed by atoms with Crippen molar-refractivity contribution in [2.45, 2.75) is 31.4 Å². The molecule has 0 bridgehead atoms. The maximum absolute atomic E-state index is 5.93. The Morgan fingerprint density at radius 3 is 2.67 bits per heavy atom. The minimum absolute atomic E-state index is 0.247. The van der Waals surface area contributed by atoms with Gasteiger partial charge in [-0.2, -0.15) is 0 Å². The quantitative estimate of drug-likeness (QED) is 0.626. The van der Waals surface area contributed by atoms with Gasteiger partial charge in [-0.1, -0.05) is 0 Å². The van der Waals surface area contributed by atoms with Crippen molar-refractivity contribution < 1.29 is 9.47 Å². The van der Waals surface area contributed by atoms with Gasteiger partial charge in [-0.15, -0.1) is 0 Å². The van der Waals surface area contributed by atoms with Crippen LogP contribution in [0.1, 0.15) is 19.3 Å². The van der Waals surface area contributed by atoms with Crippen molar-refractivity contribution >= 4 is 0 Å². The van der Waals surface area contributed by atoms with Crippen molar-refractivity contribution in [3.8, 4) is 0 Å². The number of nitrogens with two attached hydrogens (primary N) is 1. The molecule has 0 spiro atoms. The van der Waals surface area contributed by atoms with Crippen molar-refractivity contribution in [2.24, 2.45) is 11.7 Å². The maximum Gasteiger partial charge on any atom is 0.0776 e. The molecular formula is C9H17NO2. The molecule has 2 aliphatic heterocycles. The van der Waals surface area contributed by atoms with Gasteiger partial charge in [0, 0.05) is 25.2 Å². The molecule has 2 aliphatic rings. The lowest BCUT2D eigenvalue weighted by atomic mass is 9.92. The zero-order valence-electron chi connectivity index (χ0n) is 7.37. The number of hydrogen-bond donors (Lipinski definition) is 1. The summed E-state index contributed by atoms with van der Waals surface area (Å²) in [6.45, 7) is 2.60. The van der Waals surface area contributed by atoms with Crippen LogP contribution in [0.3, 0.4) is 0 Å². The average Bonchev–Trinajstić information content (AvgIpc) is 2.53. The molecular weight excluding hydrogens is 154 g/mol. The van der Waals surface area contributed by atoms with E-state index >= 15 is 0 Å². The summed E-state index contributed by atoms with van der Waals surface area (Å²) in [5.74, 6) is 0.552. The third kappa shape index (κ3) is 1.63. The zero-order chi connectivity index (χ0) is 8.39. The highest BCUT2D eigenvalue weighted by Gasteiger charge is 2.33. The minimum Gasteiger partial charge on any atom is -0.381 e. The van der Waals surface area contributed by atoms with Crippen molar-refractivity contribution in [1.29, 1.82) is 0 Å². The Bertz CT molecular complexity index is 145. The van der Waals surface area contributed by atoms with Gasteiger partial charge in [0.2, 0.25) is 0 Å². The largest absolute Gasteiger partial charge is 0.381 e. The van der Waals surface area contributed by atoms with Crippen LogP contribution in [0.15, 0.2) is 0 Å². The Labute approximate surface area is 73.2 Å². The molecule has 0 radical (unpaired) electrons. The standard InChI is InChI=1S/C9H17NO2/c10-8-3-5-12-9(8)7-2-1-4-11-6-7/h7-9H,1-6,10H2. The van der Waals surface area contributed by atoms with E-state index in [9.17, 15) is 0 Å². The molecule has 3 nitrogen and oxygen atoms in total. The zero-order valence-corrected chi connectivity index (χ0v) is 7.37. The van der Waals surface area contributed by atoms with Crippen LogP contribution in [-0.2, 0) is 9.47 Å². The molecule has 0 aromatic carbocycles. The second-order valence-electron chi connectivity index (χ2n) is 3.77. The second kappa shape index (κ2) is 3.73. The summed E-state index contributed by atoms with van der Waals surface area (Å²) >= 11 is 0. The van der Waals surface area contributed by atoms with Crippen LogP contribution in [0.2, 0.25) is 0 Å². The monoisotopic (exact) mass is 171 g/mol. The smallest absolute Gasteiger partial charge is 0.0776 e. The highest BCUT2D eigenvalue weighted by atomic mass is 16.5. The van der Waals surface area contributed by atoms with Gasteiger partial charge in [-0.3, -0.25) is 0 Å². The molecule has 3 heteroatoms. The number of hydrogen-bond acceptors (Lipinski definition) is 3. The molecule has 3 unspecified atom stereocenters. The van der Waals surface area contributed by atoms with E-state index in [1.54, 1.807) is 0 Å². The summed E-state index contributed by atoms with van der Waals surface area (Å²) in [4.78, 5) is 0. The summed E-state index contributed by atoms with van der Waals surface area (Å²) in [7, 11) is 0. The maximum atomic E-state index is 5.93. The van der Waals surface area contributed by atoms with Gasteiger partial charge >= 0.3 is 0 Å². The van der Waals surface area contributed by atoms with Gasteiger partial charge in [-0.25, -0.2) is 0 Å². The fourth-order valence-electron chi connectivity index (χ4n) is 2.14. The first-order valence-corrected chi connectivity index (χ1v) is 4.83. The summed E-state index contributed by atoms with van der Waals surface area (Å²) in [6.07, 6.45) is 3.67. The lowest BCUT2D eigenvalue weighted by Gasteiger charge is -2.28. The normalized spacial score (nSPS) is 43.2. The second-order valence-corrected chi connectivity index (χ2v) is 3.77. The van der Waals surface area contributed by atoms with Gasteiger partial charge in [0.15, 0.2) is 0 Å². The fourth-order valence-corrected chi connectivity index (χ4v) is 2.14. The van der Waals surface area contributed by atoms with Gasteiger partial charge < -0.3 is 15.2 Å². The summed E-state index contributed by atoms with van der Waals surface area (Å²) < 4.78 is 11.0. The van der Waals surface area contributed by atoms with Gasteiger partial charge in [-0.05, 0) is 19.3 Å². The molecule has 2 rings (SSSR count). The lowest BCUT2D eigenvalue weighted by Crippen LogP contribution is -2.40. The third-order valence-electron chi connectivity index (χ3n) is 2.84. The van der Waals surface area contributed by atoms with Crippen molar-refractivity contribution in [1.82, 2.24) is 0 Å². The van der Waals surface area contributed by atoms with E-state index < -0.39 is 0 Å². The van der Waals surface area contributed by atoms with Crippen LogP contribution in [0.5, 0.6) is 0 Å². The van der Waals surface area contributed by atoms with Crippen LogP contribution in [0.25, 0.3) is 0 Å². The molecule has 0 aliphatic carbocycles.